The molecule has 0 spiro atoms. The van der Waals surface area contributed by atoms with Crippen LogP contribution < -0.4 is 25.1 Å². The van der Waals surface area contributed by atoms with Crippen LogP contribution in [0.5, 0.6) is 17.2 Å². The number of hydrogen-bond acceptors (Lipinski definition) is 6. The second-order valence-electron chi connectivity index (χ2n) is 7.08. The van der Waals surface area contributed by atoms with Crippen molar-refractivity contribution in [2.24, 2.45) is 0 Å². The van der Waals surface area contributed by atoms with E-state index in [1.165, 1.54) is 10.7 Å². The molecule has 1 aromatic heterocycles. The maximum atomic E-state index is 12.2. The zero-order valence-corrected chi connectivity index (χ0v) is 17.2. The molecule has 8 nitrogen and oxygen atoms in total. The predicted octanol–water partition coefficient (Wildman–Crippen LogP) is 2.74. The minimum Gasteiger partial charge on any atom is -0.497 e. The van der Waals surface area contributed by atoms with E-state index in [9.17, 15) is 9.59 Å². The number of methoxy groups -OCH3 is 1. The molecule has 31 heavy (non-hydrogen) atoms. The van der Waals surface area contributed by atoms with Gasteiger partial charge in [0.2, 0.25) is 12.7 Å². The summed E-state index contributed by atoms with van der Waals surface area (Å²) in [5, 5.41) is 7.32. The largest absolute Gasteiger partial charge is 0.497 e. The summed E-state index contributed by atoms with van der Waals surface area (Å²) in [5.41, 5.74) is 2.26. The lowest BCUT2D eigenvalue weighted by atomic mass is 10.1. The van der Waals surface area contributed by atoms with Crippen LogP contribution >= 0.6 is 0 Å². The molecule has 1 N–H and O–H groups in total. The van der Waals surface area contributed by atoms with Gasteiger partial charge in [-0.05, 0) is 42.3 Å². The maximum Gasteiger partial charge on any atom is 0.266 e. The number of benzene rings is 2. The van der Waals surface area contributed by atoms with E-state index < -0.39 is 0 Å². The van der Waals surface area contributed by atoms with E-state index in [2.05, 4.69) is 10.4 Å². The Hall–Kier alpha value is -3.81. The van der Waals surface area contributed by atoms with Gasteiger partial charge in [0.15, 0.2) is 11.5 Å². The molecule has 0 atom stereocenters. The van der Waals surface area contributed by atoms with Crippen LogP contribution in [-0.2, 0) is 17.9 Å². The Kier molecular flexibility index (Phi) is 6.16. The number of aryl methyl sites for hydroxylation is 1. The van der Waals surface area contributed by atoms with Crippen molar-refractivity contribution in [1.29, 1.82) is 0 Å². The Morgan fingerprint density at radius 2 is 2.00 bits per heavy atom. The highest BCUT2D eigenvalue weighted by Gasteiger charge is 2.13. The first-order chi connectivity index (χ1) is 15.1. The molecule has 0 aliphatic carbocycles. The predicted molar refractivity (Wildman–Crippen MR) is 114 cm³/mol. The smallest absolute Gasteiger partial charge is 0.266 e. The maximum absolute atomic E-state index is 12.2. The normalized spacial score (nSPS) is 11.9. The second-order valence-corrected chi connectivity index (χ2v) is 7.08. The zero-order valence-electron chi connectivity index (χ0n) is 17.2. The molecule has 8 heteroatoms. The summed E-state index contributed by atoms with van der Waals surface area (Å²) in [6.07, 6.45) is 0.795. The topological polar surface area (TPSA) is 91.7 Å². The van der Waals surface area contributed by atoms with Crippen molar-refractivity contribution < 1.29 is 19.0 Å². The minimum absolute atomic E-state index is 0.0883. The molecule has 0 radical (unpaired) electrons. The van der Waals surface area contributed by atoms with Gasteiger partial charge in [0.25, 0.3) is 5.56 Å². The van der Waals surface area contributed by atoms with Crippen LogP contribution in [0.15, 0.2) is 59.4 Å². The fraction of sp³-hybridized carbons (Fsp3) is 0.261. The minimum atomic E-state index is -0.201. The zero-order chi connectivity index (χ0) is 21.6. The number of nitrogens with zero attached hydrogens (tertiary/aromatic N) is 2. The summed E-state index contributed by atoms with van der Waals surface area (Å²) in [6.45, 7) is 0.977. The van der Waals surface area contributed by atoms with Crippen molar-refractivity contribution >= 4 is 5.91 Å². The molecular formula is C23H23N3O5. The van der Waals surface area contributed by atoms with Crippen molar-refractivity contribution in [3.05, 3.63) is 70.5 Å². The van der Waals surface area contributed by atoms with E-state index in [0.29, 0.717) is 43.1 Å². The fourth-order valence-corrected chi connectivity index (χ4v) is 3.27. The average molecular weight is 421 g/mol. The molecule has 0 saturated carbocycles. The van der Waals surface area contributed by atoms with E-state index in [-0.39, 0.29) is 18.3 Å². The summed E-state index contributed by atoms with van der Waals surface area (Å²) in [7, 11) is 1.60. The van der Waals surface area contributed by atoms with Crippen molar-refractivity contribution in [3.8, 4) is 28.5 Å². The van der Waals surface area contributed by atoms with Crippen LogP contribution in [0, 0.1) is 0 Å². The first-order valence-corrected chi connectivity index (χ1v) is 10.0. The lowest BCUT2D eigenvalue weighted by Gasteiger charge is -2.09. The molecule has 1 aliphatic heterocycles. The van der Waals surface area contributed by atoms with Crippen LogP contribution in [0.4, 0.5) is 0 Å². The van der Waals surface area contributed by atoms with E-state index in [0.717, 1.165) is 16.9 Å². The fourth-order valence-electron chi connectivity index (χ4n) is 3.27. The van der Waals surface area contributed by atoms with E-state index in [4.69, 9.17) is 14.2 Å². The van der Waals surface area contributed by atoms with Gasteiger partial charge in [0.05, 0.1) is 12.8 Å². The first-order valence-electron chi connectivity index (χ1n) is 10.0. The summed E-state index contributed by atoms with van der Waals surface area (Å²) in [5.74, 6) is 2.03. The molecule has 4 rings (SSSR count). The highest BCUT2D eigenvalue weighted by atomic mass is 16.7. The van der Waals surface area contributed by atoms with Crippen molar-refractivity contribution in [2.75, 3.05) is 13.9 Å². The number of carbonyl (C=O) groups excluding carboxylic acids is 1. The Labute approximate surface area is 179 Å². The van der Waals surface area contributed by atoms with Crippen molar-refractivity contribution in [2.45, 2.75) is 25.9 Å². The molecule has 3 aromatic rings. The lowest BCUT2D eigenvalue weighted by Crippen LogP contribution is -2.25. The van der Waals surface area contributed by atoms with Crippen LogP contribution in [-0.4, -0.2) is 29.6 Å². The molecule has 0 unspecified atom stereocenters. The molecular weight excluding hydrogens is 398 g/mol. The quantitative estimate of drug-likeness (QED) is 0.601. The standard InChI is InChI=1S/C23H23N3O5/c1-29-18-5-2-4-17(13-18)19-8-10-23(28)26(25-19)11-3-6-22(27)24-14-16-7-9-20-21(12-16)31-15-30-20/h2,4-5,7-10,12-13H,3,6,11,14-15H2,1H3,(H,24,27). The second kappa shape index (κ2) is 9.34. The highest BCUT2D eigenvalue weighted by molar-refractivity contribution is 5.75. The molecule has 0 bridgehead atoms. The molecule has 0 fully saturated rings. The van der Waals surface area contributed by atoms with Gasteiger partial charge < -0.3 is 19.5 Å². The Bertz CT molecular complexity index is 1140. The summed E-state index contributed by atoms with van der Waals surface area (Å²) in [6, 6.07) is 16.2. The highest BCUT2D eigenvalue weighted by Crippen LogP contribution is 2.32. The molecule has 160 valence electrons. The Morgan fingerprint density at radius 1 is 1.13 bits per heavy atom. The van der Waals surface area contributed by atoms with Crippen molar-refractivity contribution in [1.82, 2.24) is 15.1 Å². The third kappa shape index (κ3) is 5.03. The van der Waals surface area contributed by atoms with Gasteiger partial charge in [0, 0.05) is 31.1 Å². The number of amides is 1. The van der Waals surface area contributed by atoms with Crippen LogP contribution in [0.25, 0.3) is 11.3 Å². The first kappa shape index (κ1) is 20.5. The number of fused-ring (bicyclic) bond motifs is 1. The summed E-state index contributed by atoms with van der Waals surface area (Å²) >= 11 is 0. The Balaban J connectivity index is 1.30. The summed E-state index contributed by atoms with van der Waals surface area (Å²) < 4.78 is 17.3. The molecule has 2 heterocycles. The van der Waals surface area contributed by atoms with Crippen LogP contribution in [0.1, 0.15) is 18.4 Å². The van der Waals surface area contributed by atoms with Gasteiger partial charge in [-0.1, -0.05) is 18.2 Å². The average Bonchev–Trinajstić information content (AvgIpc) is 3.27. The number of rotatable bonds is 8. The van der Waals surface area contributed by atoms with Gasteiger partial charge in [-0.2, -0.15) is 5.10 Å². The lowest BCUT2D eigenvalue weighted by molar-refractivity contribution is -0.121. The molecule has 0 saturated heterocycles. The van der Waals surface area contributed by atoms with Gasteiger partial charge >= 0.3 is 0 Å². The summed E-state index contributed by atoms with van der Waals surface area (Å²) in [4.78, 5) is 24.4. The number of aromatic nitrogens is 2. The van der Waals surface area contributed by atoms with Gasteiger partial charge in [-0.25, -0.2) is 4.68 Å². The molecule has 1 aliphatic rings. The Morgan fingerprint density at radius 3 is 2.87 bits per heavy atom. The molecule has 2 aromatic carbocycles. The number of hydrogen-bond donors (Lipinski definition) is 1. The SMILES string of the molecule is COc1cccc(-c2ccc(=O)n(CCCC(=O)NCc3ccc4c(c3)OCO4)n2)c1. The van der Waals surface area contributed by atoms with Crippen molar-refractivity contribution in [3.63, 3.8) is 0 Å². The van der Waals surface area contributed by atoms with E-state index in [1.54, 1.807) is 13.2 Å². The van der Waals surface area contributed by atoms with Gasteiger partial charge in [-0.3, -0.25) is 9.59 Å². The van der Waals surface area contributed by atoms with Gasteiger partial charge in [0.1, 0.15) is 5.75 Å². The number of nitrogens with one attached hydrogen (secondary N) is 1. The third-order valence-corrected chi connectivity index (χ3v) is 4.93. The van der Waals surface area contributed by atoms with E-state index in [1.807, 2.05) is 42.5 Å². The van der Waals surface area contributed by atoms with Crippen LogP contribution in [0.3, 0.4) is 0 Å². The van der Waals surface area contributed by atoms with Crippen LogP contribution in [0.2, 0.25) is 0 Å². The monoisotopic (exact) mass is 421 g/mol. The van der Waals surface area contributed by atoms with E-state index >= 15 is 0 Å². The third-order valence-electron chi connectivity index (χ3n) is 4.93. The van der Waals surface area contributed by atoms with Gasteiger partial charge in [-0.15, -0.1) is 0 Å². The number of ether oxygens (including phenoxy) is 3. The number of carbonyl (C=O) groups is 1. The molecule has 1 amide bonds.